The Hall–Kier alpha value is -7.91. The molecule has 0 spiro atoms. The van der Waals surface area contributed by atoms with Gasteiger partial charge in [0.1, 0.15) is 0 Å². The summed E-state index contributed by atoms with van der Waals surface area (Å²) in [5, 5.41) is 0. The highest BCUT2D eigenvalue weighted by molar-refractivity contribution is 6.41. The molecule has 8 aromatic rings. The zero-order chi connectivity index (χ0) is 41.9. The fourth-order valence-corrected chi connectivity index (χ4v) is 9.01. The van der Waals surface area contributed by atoms with Crippen molar-refractivity contribution in [3.63, 3.8) is 0 Å². The molecule has 4 aromatic carbocycles. The molecule has 0 atom stereocenters. The largest absolute Gasteiger partial charge is 0.677 e. The third kappa shape index (κ3) is 6.29. The predicted molar refractivity (Wildman–Crippen MR) is 252 cm³/mol. The van der Waals surface area contributed by atoms with Gasteiger partial charge >= 0.3 is 7.40 Å². The number of fused-ring (bicyclic) bond motifs is 11. The lowest BCUT2D eigenvalue weighted by Gasteiger charge is -2.10. The lowest BCUT2D eigenvalue weighted by Crippen LogP contribution is -2.13. The van der Waals surface area contributed by atoms with E-state index < -0.39 is 7.40 Å². The van der Waals surface area contributed by atoms with Crippen molar-refractivity contribution in [2.24, 2.45) is 4.99 Å². The van der Waals surface area contributed by atoms with Crippen molar-refractivity contribution in [2.75, 3.05) is 0 Å². The summed E-state index contributed by atoms with van der Waals surface area (Å²) < 4.78 is 32.2. The van der Waals surface area contributed by atoms with E-state index in [0.29, 0.717) is 33.9 Å². The molecule has 4 aromatic heterocycles. The van der Waals surface area contributed by atoms with E-state index in [1.807, 2.05) is 117 Å². The molecule has 0 saturated carbocycles. The van der Waals surface area contributed by atoms with Crippen LogP contribution in [0.4, 0.5) is 8.63 Å². The minimum Gasteiger partial charge on any atom is -0.354 e. The van der Waals surface area contributed by atoms with Gasteiger partial charge in [-0.2, -0.15) is 0 Å². The van der Waals surface area contributed by atoms with Crippen molar-refractivity contribution in [3.8, 4) is 67.0 Å². The van der Waals surface area contributed by atoms with Gasteiger partial charge in [0.2, 0.25) is 0 Å². The predicted octanol–water partition coefficient (Wildman–Crippen LogP) is 13.8. The highest BCUT2D eigenvalue weighted by Gasteiger charge is 2.34. The maximum absolute atomic E-state index is 15.6. The normalized spacial score (nSPS) is 13.6. The maximum Gasteiger partial charge on any atom is 0.677 e. The topological polar surface area (TPSA) is 74.7 Å². The molecule has 3 aliphatic rings. The first-order valence-electron chi connectivity index (χ1n) is 20.6. The second kappa shape index (κ2) is 15.0. The third-order valence-electron chi connectivity index (χ3n) is 11.7. The summed E-state index contributed by atoms with van der Waals surface area (Å²) in [6, 6.07) is 48.8. The summed E-state index contributed by atoms with van der Waals surface area (Å²) in [5.41, 5.74) is 17.0. The van der Waals surface area contributed by atoms with Gasteiger partial charge in [-0.25, -0.2) is 9.97 Å². The van der Waals surface area contributed by atoms with E-state index in [9.17, 15) is 0 Å². The second-order valence-electron chi connectivity index (χ2n) is 15.7. The molecule has 8 bridgehead atoms. The number of nitrogens with one attached hydrogen (secondary N) is 2. The van der Waals surface area contributed by atoms with E-state index in [-0.39, 0.29) is 0 Å². The minimum atomic E-state index is -2.84. The molecule has 6 nitrogen and oxygen atoms in total. The molecule has 0 aliphatic carbocycles. The van der Waals surface area contributed by atoms with Gasteiger partial charge in [0.15, 0.2) is 0 Å². The summed E-state index contributed by atoms with van der Waals surface area (Å²) in [5.74, 6) is 0. The number of benzene rings is 4. The van der Waals surface area contributed by atoms with Crippen LogP contribution in [0.5, 0.6) is 0 Å². The summed E-state index contributed by atoms with van der Waals surface area (Å²) >= 11 is 0. The highest BCUT2D eigenvalue weighted by Crippen LogP contribution is 2.50. The van der Waals surface area contributed by atoms with Crippen LogP contribution in [0.15, 0.2) is 174 Å². The summed E-state index contributed by atoms with van der Waals surface area (Å²) in [6.45, 7) is 3.87. The van der Waals surface area contributed by atoms with Crippen LogP contribution in [-0.2, 0) is 0 Å². The van der Waals surface area contributed by atoms with Crippen LogP contribution in [0.25, 0.3) is 107 Å². The molecule has 0 radical (unpaired) electrons. The Morgan fingerprint density at radius 1 is 0.516 bits per heavy atom. The van der Waals surface area contributed by atoms with Crippen molar-refractivity contribution >= 4 is 53.4 Å². The molecule has 0 fully saturated rings. The highest BCUT2D eigenvalue weighted by atomic mass is 19.2. The van der Waals surface area contributed by atoms with E-state index >= 15 is 8.63 Å². The molecular formula is C53H37BF2N6. The van der Waals surface area contributed by atoms with Gasteiger partial charge in [0.05, 0.1) is 28.5 Å². The lowest BCUT2D eigenvalue weighted by molar-refractivity contribution is 0.629. The first-order valence-corrected chi connectivity index (χ1v) is 20.6. The summed E-state index contributed by atoms with van der Waals surface area (Å²) in [7, 11) is -2.84. The second-order valence-corrected chi connectivity index (χ2v) is 15.7. The molecule has 9 heteroatoms. The Morgan fingerprint density at radius 2 is 0.952 bits per heavy atom. The monoisotopic (exact) mass is 806 g/mol. The van der Waals surface area contributed by atoms with Crippen LogP contribution >= 0.6 is 0 Å². The van der Waals surface area contributed by atoms with Gasteiger partial charge in [0, 0.05) is 73.0 Å². The van der Waals surface area contributed by atoms with Gasteiger partial charge in [-0.3, -0.25) is 13.6 Å². The van der Waals surface area contributed by atoms with Crippen molar-refractivity contribution in [3.05, 3.63) is 186 Å². The molecule has 7 heterocycles. The molecule has 296 valence electrons. The molecule has 0 unspecified atom stereocenters. The van der Waals surface area contributed by atoms with E-state index in [1.165, 1.54) is 0 Å². The van der Waals surface area contributed by atoms with Crippen LogP contribution in [0.3, 0.4) is 0 Å². The third-order valence-corrected chi connectivity index (χ3v) is 11.7. The number of aromatic amines is 2. The Labute approximate surface area is 357 Å². The Balaban J connectivity index is 1.38. The molecule has 0 amide bonds. The average Bonchev–Trinajstić information content (AvgIpc) is 4.17. The van der Waals surface area contributed by atoms with Crippen LogP contribution in [-0.4, -0.2) is 37.5 Å². The lowest BCUT2D eigenvalue weighted by atomic mass is 9.96. The van der Waals surface area contributed by atoms with E-state index in [2.05, 4.69) is 70.7 Å². The number of aliphatic imine (C=N–C) groups is 1. The minimum absolute atomic E-state index is 0.326. The molecule has 11 rings (SSSR count). The Kier molecular flexibility index (Phi) is 8.97. The number of aromatic nitrogens is 5. The number of hydrogen-bond donors (Lipinski definition) is 2. The first kappa shape index (κ1) is 37.1. The Bertz CT molecular complexity index is 3380. The average molecular weight is 807 g/mol. The molecular weight excluding hydrogens is 769 g/mol. The number of halogens is 2. The van der Waals surface area contributed by atoms with Crippen LogP contribution in [0.1, 0.15) is 30.9 Å². The molecule has 62 heavy (non-hydrogen) atoms. The van der Waals surface area contributed by atoms with Crippen molar-refractivity contribution in [1.82, 2.24) is 24.4 Å². The van der Waals surface area contributed by atoms with Crippen molar-refractivity contribution in [1.29, 1.82) is 0 Å². The van der Waals surface area contributed by atoms with Crippen LogP contribution < -0.4 is 0 Å². The van der Waals surface area contributed by atoms with Gasteiger partial charge in [-0.05, 0) is 90.2 Å². The number of allylic oxidation sites excluding steroid dienone is 2. The zero-order valence-electron chi connectivity index (χ0n) is 33.9. The van der Waals surface area contributed by atoms with Gasteiger partial charge in [0.25, 0.3) is 0 Å². The summed E-state index contributed by atoms with van der Waals surface area (Å²) in [6.07, 6.45) is 9.48. The number of rotatable bonds is 6. The quantitative estimate of drug-likeness (QED) is 0.164. The van der Waals surface area contributed by atoms with Gasteiger partial charge < -0.3 is 14.4 Å². The smallest absolute Gasteiger partial charge is 0.354 e. The SMILES string of the molecule is CC1=CC(C)=N/C1=C\c1c2c(cn1B(F)F)-c1nc-2c(-c2ccccc2)c2ccc([nH]2)c(-c2ccccc2)c2nc(c(-c3ccccc3)c3ccc([nH]3)c1-c1ccccc1)C=C2. The summed E-state index contributed by atoms with van der Waals surface area (Å²) in [4.78, 5) is 23.4. The van der Waals surface area contributed by atoms with Crippen molar-refractivity contribution < 1.29 is 8.63 Å². The van der Waals surface area contributed by atoms with E-state index in [1.54, 1.807) is 12.3 Å². The number of H-pyrrole nitrogens is 2. The maximum atomic E-state index is 15.6. The van der Waals surface area contributed by atoms with Crippen LogP contribution in [0, 0.1) is 0 Å². The standard InChI is InChI=1S/C53H37BF2N6/c1-32-29-33(2)57-45(32)30-46-51-38(31-62(46)54(55)56)52-49(36-19-11-5-12-20-36)43-27-25-41(59-43)47(34-15-7-3-8-16-34)39-23-24-40(58-39)48(35-17-9-4-10-18-35)42-26-28-44(60-42)50(53(51)61-52)37-21-13-6-14-22-37/h3-31,59-60H,1-2H3/b45-30-,47-39?,47-41?,48-40?,48-42?,49-43?,50-44?,52-49?,53-50?. The fraction of sp³-hybridized carbons (Fsp3) is 0.0377. The van der Waals surface area contributed by atoms with E-state index in [0.717, 1.165) is 93.7 Å². The molecule has 3 aliphatic heterocycles. The van der Waals surface area contributed by atoms with Gasteiger partial charge in [-0.1, -0.05) is 121 Å². The Morgan fingerprint density at radius 3 is 1.39 bits per heavy atom. The molecule has 2 N–H and O–H groups in total. The first-order chi connectivity index (χ1) is 30.4. The zero-order valence-corrected chi connectivity index (χ0v) is 33.9. The number of hydrogen-bond acceptors (Lipinski definition) is 3. The molecule has 0 saturated heterocycles. The van der Waals surface area contributed by atoms with Crippen LogP contribution in [0.2, 0.25) is 0 Å². The van der Waals surface area contributed by atoms with Crippen molar-refractivity contribution in [2.45, 2.75) is 13.8 Å². The van der Waals surface area contributed by atoms with E-state index in [4.69, 9.17) is 15.0 Å². The van der Waals surface area contributed by atoms with Gasteiger partial charge in [-0.15, -0.1) is 0 Å². The number of nitrogens with zero attached hydrogens (tertiary/aromatic N) is 4. The fourth-order valence-electron chi connectivity index (χ4n) is 9.01.